The number of rotatable bonds is 8. The van der Waals surface area contributed by atoms with E-state index < -0.39 is 24.3 Å². The largest absolute Gasteiger partial charge is 0.443 e. The summed E-state index contributed by atoms with van der Waals surface area (Å²) in [7, 11) is 0. The number of nitrogens with one attached hydrogen (secondary N) is 1. The molecule has 0 fully saturated rings. The van der Waals surface area contributed by atoms with Crippen LogP contribution in [0.3, 0.4) is 0 Å². The summed E-state index contributed by atoms with van der Waals surface area (Å²) >= 11 is 0. The Morgan fingerprint density at radius 1 is 1.03 bits per heavy atom. The molecule has 0 aliphatic rings. The number of nitrogens with zero attached hydrogens (tertiary/aromatic N) is 1. The zero-order chi connectivity index (χ0) is 21.1. The molecule has 0 bridgehead atoms. The maximum atomic E-state index is 12.6. The molecule has 2 amide bonds. The molecule has 0 unspecified atom stereocenters. The van der Waals surface area contributed by atoms with Crippen molar-refractivity contribution in [1.29, 1.82) is 0 Å². The second-order valence-electron chi connectivity index (χ2n) is 6.42. The van der Waals surface area contributed by atoms with Crippen LogP contribution in [0.4, 0.5) is 9.59 Å². The lowest BCUT2D eigenvalue weighted by Crippen LogP contribution is -2.55. The minimum atomic E-state index is -0.939. The standard InChI is InChI=1S/C22H26N2O5/c1-3-10-20(25)17(2)24(22(27)29-16-19-13-8-5-9-14-19)23-21(26)28-15-18-11-6-4-7-12-18/h3-9,11-14,17,20,25H,1,10,15-16H2,2H3,(H,23,26)/t17-,20+/m1/s1. The van der Waals surface area contributed by atoms with E-state index in [0.29, 0.717) is 0 Å². The van der Waals surface area contributed by atoms with Crippen LogP contribution in [0.15, 0.2) is 73.3 Å². The van der Waals surface area contributed by atoms with Crippen molar-refractivity contribution in [3.05, 3.63) is 84.4 Å². The Kier molecular flexibility index (Phi) is 8.72. The van der Waals surface area contributed by atoms with Gasteiger partial charge >= 0.3 is 12.2 Å². The molecule has 154 valence electrons. The van der Waals surface area contributed by atoms with Gasteiger partial charge in [-0.3, -0.25) is 0 Å². The van der Waals surface area contributed by atoms with E-state index in [4.69, 9.17) is 9.47 Å². The number of carbonyl (C=O) groups is 2. The molecule has 0 saturated heterocycles. The van der Waals surface area contributed by atoms with Crippen molar-refractivity contribution < 1.29 is 24.2 Å². The summed E-state index contributed by atoms with van der Waals surface area (Å²) in [4.78, 5) is 24.8. The molecular formula is C22H26N2O5. The molecule has 0 radical (unpaired) electrons. The van der Waals surface area contributed by atoms with Crippen molar-refractivity contribution in [1.82, 2.24) is 10.4 Å². The van der Waals surface area contributed by atoms with E-state index >= 15 is 0 Å². The first kappa shape index (κ1) is 22.0. The zero-order valence-electron chi connectivity index (χ0n) is 16.4. The lowest BCUT2D eigenvalue weighted by molar-refractivity contribution is 0.0113. The molecule has 0 heterocycles. The number of hydrazine groups is 1. The number of carbonyl (C=O) groups excluding carboxylic acids is 2. The Balaban J connectivity index is 1.99. The van der Waals surface area contributed by atoms with Crippen LogP contribution >= 0.6 is 0 Å². The van der Waals surface area contributed by atoms with Crippen LogP contribution in [0, 0.1) is 0 Å². The van der Waals surface area contributed by atoms with Crippen LogP contribution < -0.4 is 5.43 Å². The van der Waals surface area contributed by atoms with Crippen molar-refractivity contribution >= 4 is 12.2 Å². The fourth-order valence-corrected chi connectivity index (χ4v) is 2.50. The third kappa shape index (κ3) is 7.31. The highest BCUT2D eigenvalue weighted by Crippen LogP contribution is 2.11. The van der Waals surface area contributed by atoms with Gasteiger partial charge in [0.15, 0.2) is 0 Å². The van der Waals surface area contributed by atoms with Gasteiger partial charge in [-0.1, -0.05) is 66.7 Å². The van der Waals surface area contributed by atoms with E-state index in [2.05, 4.69) is 12.0 Å². The molecule has 29 heavy (non-hydrogen) atoms. The number of aliphatic hydroxyl groups is 1. The van der Waals surface area contributed by atoms with E-state index in [-0.39, 0.29) is 19.6 Å². The normalized spacial score (nSPS) is 12.3. The van der Waals surface area contributed by atoms with Crippen LogP contribution in [0.25, 0.3) is 0 Å². The van der Waals surface area contributed by atoms with Gasteiger partial charge in [0.05, 0.1) is 12.1 Å². The summed E-state index contributed by atoms with van der Waals surface area (Å²) < 4.78 is 10.4. The molecule has 0 saturated carbocycles. The Labute approximate surface area is 170 Å². The molecule has 2 rings (SSSR count). The van der Waals surface area contributed by atoms with E-state index in [1.807, 2.05) is 60.7 Å². The van der Waals surface area contributed by atoms with Gasteiger partial charge in [-0.2, -0.15) is 0 Å². The average molecular weight is 398 g/mol. The van der Waals surface area contributed by atoms with E-state index in [1.165, 1.54) is 6.08 Å². The molecule has 0 aliphatic carbocycles. The third-order valence-electron chi connectivity index (χ3n) is 4.20. The highest BCUT2D eigenvalue weighted by Gasteiger charge is 2.29. The predicted octanol–water partition coefficient (Wildman–Crippen LogP) is 3.79. The lowest BCUT2D eigenvalue weighted by Gasteiger charge is -2.30. The van der Waals surface area contributed by atoms with Crippen molar-refractivity contribution in [2.24, 2.45) is 0 Å². The maximum Gasteiger partial charge on any atom is 0.429 e. The van der Waals surface area contributed by atoms with Crippen LogP contribution in [-0.4, -0.2) is 34.4 Å². The van der Waals surface area contributed by atoms with E-state index in [0.717, 1.165) is 16.1 Å². The first-order valence-corrected chi connectivity index (χ1v) is 9.27. The molecule has 2 aromatic rings. The summed E-state index contributed by atoms with van der Waals surface area (Å²) in [6.45, 7) is 5.25. The van der Waals surface area contributed by atoms with Crippen LogP contribution in [-0.2, 0) is 22.7 Å². The summed E-state index contributed by atoms with van der Waals surface area (Å²) in [5.41, 5.74) is 3.97. The van der Waals surface area contributed by atoms with Gasteiger partial charge in [-0.15, -0.1) is 6.58 Å². The Hall–Kier alpha value is -3.32. The quantitative estimate of drug-likeness (QED) is 0.522. The van der Waals surface area contributed by atoms with Crippen molar-refractivity contribution in [2.75, 3.05) is 0 Å². The monoisotopic (exact) mass is 398 g/mol. The maximum absolute atomic E-state index is 12.6. The molecule has 0 aliphatic heterocycles. The third-order valence-corrected chi connectivity index (χ3v) is 4.20. The molecule has 2 aromatic carbocycles. The van der Waals surface area contributed by atoms with E-state index in [9.17, 15) is 14.7 Å². The van der Waals surface area contributed by atoms with Gasteiger partial charge in [0, 0.05) is 0 Å². The van der Waals surface area contributed by atoms with Gasteiger partial charge in [0.25, 0.3) is 0 Å². The average Bonchev–Trinajstić information content (AvgIpc) is 2.75. The number of hydrogen-bond donors (Lipinski definition) is 2. The lowest BCUT2D eigenvalue weighted by atomic mass is 10.1. The molecule has 0 spiro atoms. The van der Waals surface area contributed by atoms with Gasteiger partial charge in [-0.05, 0) is 24.5 Å². The Morgan fingerprint density at radius 3 is 2.07 bits per heavy atom. The number of aliphatic hydroxyl groups excluding tert-OH is 1. The first-order chi connectivity index (χ1) is 14.0. The molecule has 7 nitrogen and oxygen atoms in total. The van der Waals surface area contributed by atoms with E-state index in [1.54, 1.807) is 6.92 Å². The number of ether oxygens (including phenoxy) is 2. The van der Waals surface area contributed by atoms with Gasteiger partial charge in [-0.25, -0.2) is 20.0 Å². The minimum Gasteiger partial charge on any atom is -0.443 e. The second kappa shape index (κ2) is 11.5. The zero-order valence-corrected chi connectivity index (χ0v) is 16.4. The number of hydrogen-bond acceptors (Lipinski definition) is 5. The Bertz CT molecular complexity index is 782. The highest BCUT2D eigenvalue weighted by atomic mass is 16.6. The molecule has 2 atom stereocenters. The molecular weight excluding hydrogens is 372 g/mol. The summed E-state index contributed by atoms with van der Waals surface area (Å²) in [5.74, 6) is 0. The summed E-state index contributed by atoms with van der Waals surface area (Å²) in [6.07, 6.45) is -0.803. The highest BCUT2D eigenvalue weighted by molar-refractivity contribution is 5.74. The van der Waals surface area contributed by atoms with Gasteiger partial charge in [0.2, 0.25) is 0 Å². The SMILES string of the molecule is C=CC[C@H](O)[C@@H](C)N(NC(=O)OCc1ccccc1)C(=O)OCc1ccccc1. The minimum absolute atomic E-state index is 0.0290. The van der Waals surface area contributed by atoms with Crippen LogP contribution in [0.2, 0.25) is 0 Å². The number of benzene rings is 2. The van der Waals surface area contributed by atoms with Gasteiger partial charge < -0.3 is 14.6 Å². The van der Waals surface area contributed by atoms with Crippen molar-refractivity contribution in [3.63, 3.8) is 0 Å². The first-order valence-electron chi connectivity index (χ1n) is 9.27. The fourth-order valence-electron chi connectivity index (χ4n) is 2.50. The summed E-state index contributed by atoms with van der Waals surface area (Å²) in [6, 6.07) is 17.5. The van der Waals surface area contributed by atoms with Crippen molar-refractivity contribution in [2.45, 2.75) is 38.7 Å². The van der Waals surface area contributed by atoms with Gasteiger partial charge in [0.1, 0.15) is 13.2 Å². The predicted molar refractivity (Wildman–Crippen MR) is 109 cm³/mol. The van der Waals surface area contributed by atoms with Crippen LogP contribution in [0.5, 0.6) is 0 Å². The molecule has 2 N–H and O–H groups in total. The molecule has 0 aromatic heterocycles. The van der Waals surface area contributed by atoms with Crippen LogP contribution in [0.1, 0.15) is 24.5 Å². The topological polar surface area (TPSA) is 88.1 Å². The fraction of sp³-hybridized carbons (Fsp3) is 0.273. The number of amides is 2. The second-order valence-corrected chi connectivity index (χ2v) is 6.42. The summed E-state index contributed by atoms with van der Waals surface area (Å²) in [5, 5.41) is 11.2. The Morgan fingerprint density at radius 2 is 1.55 bits per heavy atom. The smallest absolute Gasteiger partial charge is 0.429 e. The van der Waals surface area contributed by atoms with Crippen molar-refractivity contribution in [3.8, 4) is 0 Å². The molecule has 7 heteroatoms.